The van der Waals surface area contributed by atoms with Gasteiger partial charge in [0.25, 0.3) is 11.5 Å². The summed E-state index contributed by atoms with van der Waals surface area (Å²) in [6, 6.07) is 17.5. The number of benzene rings is 2. The Morgan fingerprint density at radius 1 is 1.04 bits per heavy atom. The fourth-order valence-electron chi connectivity index (χ4n) is 2.39. The van der Waals surface area contributed by atoms with Gasteiger partial charge in [0.2, 0.25) is 0 Å². The Morgan fingerprint density at radius 2 is 1.74 bits per heavy atom. The molecular weight excluding hydrogens is 356 g/mol. The van der Waals surface area contributed by atoms with E-state index >= 15 is 0 Å². The molecule has 0 aliphatic carbocycles. The molecule has 1 heterocycles. The van der Waals surface area contributed by atoms with Gasteiger partial charge in [-0.05, 0) is 23.8 Å². The summed E-state index contributed by atoms with van der Waals surface area (Å²) in [5, 5.41) is 6.53. The van der Waals surface area contributed by atoms with E-state index in [1.165, 1.54) is 30.3 Å². The highest BCUT2D eigenvalue weighted by Crippen LogP contribution is 2.25. The molecule has 0 fully saturated rings. The monoisotopic (exact) mass is 371 g/mol. The van der Waals surface area contributed by atoms with Crippen molar-refractivity contribution >= 4 is 11.6 Å². The van der Waals surface area contributed by atoms with E-state index in [9.17, 15) is 18.4 Å². The summed E-state index contributed by atoms with van der Waals surface area (Å²) < 4.78 is 30.5. The highest BCUT2D eigenvalue weighted by atomic mass is 19.3. The zero-order chi connectivity index (χ0) is 19.2. The fraction of sp³-hybridized carbons (Fsp3) is 0.105. The summed E-state index contributed by atoms with van der Waals surface area (Å²) in [4.78, 5) is 24.4. The van der Waals surface area contributed by atoms with Crippen LogP contribution in [0, 0.1) is 0 Å². The van der Waals surface area contributed by atoms with Crippen molar-refractivity contribution in [3.8, 4) is 5.75 Å². The number of hydrogen-bond donors (Lipinski definition) is 1. The van der Waals surface area contributed by atoms with Crippen molar-refractivity contribution in [2.75, 3.05) is 5.32 Å². The Labute approximate surface area is 153 Å². The predicted molar refractivity (Wildman–Crippen MR) is 95.1 cm³/mol. The molecule has 2 aromatic carbocycles. The van der Waals surface area contributed by atoms with Gasteiger partial charge in [-0.25, -0.2) is 4.68 Å². The summed E-state index contributed by atoms with van der Waals surface area (Å²) in [5.74, 6) is -0.819. The summed E-state index contributed by atoms with van der Waals surface area (Å²) >= 11 is 0. The maximum atomic E-state index is 12.5. The van der Waals surface area contributed by atoms with Crippen LogP contribution >= 0.6 is 0 Å². The van der Waals surface area contributed by atoms with Gasteiger partial charge in [-0.2, -0.15) is 13.9 Å². The number of nitrogens with one attached hydrogen (secondary N) is 1. The zero-order valence-corrected chi connectivity index (χ0v) is 14.0. The van der Waals surface area contributed by atoms with Crippen molar-refractivity contribution in [2.45, 2.75) is 13.2 Å². The van der Waals surface area contributed by atoms with E-state index in [0.717, 1.165) is 10.2 Å². The number of halogens is 2. The van der Waals surface area contributed by atoms with Crippen LogP contribution in [0.3, 0.4) is 0 Å². The Morgan fingerprint density at radius 3 is 2.48 bits per heavy atom. The third-order valence-corrected chi connectivity index (χ3v) is 3.63. The number of anilines is 1. The predicted octanol–water partition coefficient (Wildman–Crippen LogP) is 3.15. The number of hydrogen-bond acceptors (Lipinski definition) is 4. The maximum absolute atomic E-state index is 12.5. The lowest BCUT2D eigenvalue weighted by Crippen LogP contribution is -2.26. The van der Waals surface area contributed by atoms with E-state index in [-0.39, 0.29) is 29.2 Å². The Bertz CT molecular complexity index is 991. The van der Waals surface area contributed by atoms with E-state index in [1.54, 1.807) is 6.07 Å². The minimum atomic E-state index is -3.02. The molecule has 0 unspecified atom stereocenters. The van der Waals surface area contributed by atoms with Gasteiger partial charge < -0.3 is 10.1 Å². The van der Waals surface area contributed by atoms with Gasteiger partial charge in [-0.1, -0.05) is 42.5 Å². The summed E-state index contributed by atoms with van der Waals surface area (Å²) in [6.07, 6.45) is 0. The normalized spacial score (nSPS) is 10.6. The number of amides is 1. The van der Waals surface area contributed by atoms with E-state index in [2.05, 4.69) is 15.2 Å². The van der Waals surface area contributed by atoms with Crippen LogP contribution < -0.4 is 15.6 Å². The average molecular weight is 371 g/mol. The zero-order valence-electron chi connectivity index (χ0n) is 14.0. The van der Waals surface area contributed by atoms with Crippen LogP contribution in [0.25, 0.3) is 0 Å². The van der Waals surface area contributed by atoms with Crippen molar-refractivity contribution in [3.05, 3.63) is 88.3 Å². The SMILES string of the molecule is O=C(Nc1ccccc1OC(F)F)c1ccc(=O)n(Cc2ccccc2)n1. The van der Waals surface area contributed by atoms with Crippen molar-refractivity contribution in [3.63, 3.8) is 0 Å². The molecule has 27 heavy (non-hydrogen) atoms. The maximum Gasteiger partial charge on any atom is 0.387 e. The Kier molecular flexibility index (Phi) is 5.55. The van der Waals surface area contributed by atoms with Gasteiger partial charge in [0.1, 0.15) is 11.4 Å². The number of nitrogens with zero attached hydrogens (tertiary/aromatic N) is 2. The summed E-state index contributed by atoms with van der Waals surface area (Å²) in [6.45, 7) is -2.82. The van der Waals surface area contributed by atoms with Gasteiger partial charge >= 0.3 is 6.61 Å². The topological polar surface area (TPSA) is 73.2 Å². The molecule has 8 heteroatoms. The van der Waals surface area contributed by atoms with Gasteiger partial charge in [0, 0.05) is 6.07 Å². The molecule has 0 saturated carbocycles. The minimum Gasteiger partial charge on any atom is -0.433 e. The van der Waals surface area contributed by atoms with Crippen LogP contribution in [0.4, 0.5) is 14.5 Å². The van der Waals surface area contributed by atoms with Gasteiger partial charge in [-0.3, -0.25) is 9.59 Å². The van der Waals surface area contributed by atoms with Crippen LogP contribution in [0.1, 0.15) is 16.1 Å². The molecule has 1 N–H and O–H groups in total. The highest BCUT2D eigenvalue weighted by molar-refractivity contribution is 6.03. The first-order valence-electron chi connectivity index (χ1n) is 8.00. The van der Waals surface area contributed by atoms with E-state index in [1.807, 2.05) is 30.3 Å². The molecule has 0 aliphatic heterocycles. The average Bonchev–Trinajstić information content (AvgIpc) is 2.65. The minimum absolute atomic E-state index is 0.0302. The molecule has 3 rings (SSSR count). The van der Waals surface area contributed by atoms with E-state index < -0.39 is 12.5 Å². The first-order valence-corrected chi connectivity index (χ1v) is 8.00. The largest absolute Gasteiger partial charge is 0.433 e. The smallest absolute Gasteiger partial charge is 0.387 e. The lowest BCUT2D eigenvalue weighted by molar-refractivity contribution is -0.0493. The number of carbonyl (C=O) groups excluding carboxylic acids is 1. The van der Waals surface area contributed by atoms with Crippen molar-refractivity contribution in [1.29, 1.82) is 0 Å². The first-order chi connectivity index (χ1) is 13.0. The number of ether oxygens (including phenoxy) is 1. The van der Waals surface area contributed by atoms with Gasteiger partial charge in [-0.15, -0.1) is 0 Å². The molecular formula is C19H15F2N3O3. The van der Waals surface area contributed by atoms with Gasteiger partial charge in [0.05, 0.1) is 12.2 Å². The standard InChI is InChI=1S/C19H15F2N3O3/c20-19(21)27-16-9-5-4-8-14(16)22-18(26)15-10-11-17(25)24(23-15)12-13-6-2-1-3-7-13/h1-11,19H,12H2,(H,22,26). The molecule has 1 amide bonds. The van der Waals surface area contributed by atoms with Crippen molar-refractivity contribution in [2.24, 2.45) is 0 Å². The molecule has 0 aliphatic rings. The number of alkyl halides is 2. The van der Waals surface area contributed by atoms with Crippen LogP contribution in [-0.4, -0.2) is 22.3 Å². The molecule has 0 bridgehead atoms. The van der Waals surface area contributed by atoms with Crippen molar-refractivity contribution < 1.29 is 18.3 Å². The van der Waals surface area contributed by atoms with E-state index in [4.69, 9.17) is 0 Å². The second-order valence-corrected chi connectivity index (χ2v) is 5.53. The fourth-order valence-corrected chi connectivity index (χ4v) is 2.39. The lowest BCUT2D eigenvalue weighted by atomic mass is 10.2. The molecule has 3 aromatic rings. The lowest BCUT2D eigenvalue weighted by Gasteiger charge is -2.12. The highest BCUT2D eigenvalue weighted by Gasteiger charge is 2.14. The third kappa shape index (κ3) is 4.75. The molecule has 0 saturated heterocycles. The second-order valence-electron chi connectivity index (χ2n) is 5.53. The molecule has 0 atom stereocenters. The first kappa shape index (κ1) is 18.2. The van der Waals surface area contributed by atoms with E-state index in [0.29, 0.717) is 0 Å². The Hall–Kier alpha value is -3.55. The van der Waals surface area contributed by atoms with Crippen LogP contribution in [0.5, 0.6) is 5.75 Å². The summed E-state index contributed by atoms with van der Waals surface area (Å²) in [7, 11) is 0. The van der Waals surface area contributed by atoms with Crippen LogP contribution in [-0.2, 0) is 6.54 Å². The second kappa shape index (κ2) is 8.22. The number of para-hydroxylation sites is 2. The number of rotatable bonds is 6. The quantitative estimate of drug-likeness (QED) is 0.723. The Balaban J connectivity index is 1.82. The third-order valence-electron chi connectivity index (χ3n) is 3.63. The molecule has 1 aromatic heterocycles. The number of aromatic nitrogens is 2. The molecule has 0 spiro atoms. The molecule has 138 valence electrons. The van der Waals surface area contributed by atoms with Crippen LogP contribution in [0.15, 0.2) is 71.5 Å². The molecule has 0 radical (unpaired) electrons. The summed E-state index contributed by atoms with van der Waals surface area (Å²) in [5.41, 5.74) is 0.528. The molecule has 6 nitrogen and oxygen atoms in total. The van der Waals surface area contributed by atoms with Gasteiger partial charge in [0.15, 0.2) is 0 Å². The van der Waals surface area contributed by atoms with Crippen molar-refractivity contribution in [1.82, 2.24) is 9.78 Å². The number of carbonyl (C=O) groups is 1. The van der Waals surface area contributed by atoms with Crippen LogP contribution in [0.2, 0.25) is 0 Å².